The highest BCUT2D eigenvalue weighted by atomic mass is 35.5. The zero-order valence-corrected chi connectivity index (χ0v) is 17.8. The van der Waals surface area contributed by atoms with E-state index in [0.29, 0.717) is 0 Å². The molecule has 1 aromatic carbocycles. The van der Waals surface area contributed by atoms with Crippen molar-refractivity contribution in [2.24, 2.45) is 5.41 Å². The van der Waals surface area contributed by atoms with Gasteiger partial charge in [-0.3, -0.25) is 9.59 Å². The molecule has 154 valence electrons. The monoisotopic (exact) mass is 430 g/mol. The van der Waals surface area contributed by atoms with Crippen LogP contribution in [-0.4, -0.2) is 47.3 Å². The van der Waals surface area contributed by atoms with Crippen molar-refractivity contribution < 1.29 is 28.5 Å². The van der Waals surface area contributed by atoms with E-state index in [2.05, 4.69) is 0 Å². The van der Waals surface area contributed by atoms with Gasteiger partial charge in [0.25, 0.3) is 0 Å². The smallest absolute Gasteiger partial charge is 0.311 e. The minimum absolute atomic E-state index is 0.0527. The molecule has 0 radical (unpaired) electrons. The van der Waals surface area contributed by atoms with Crippen molar-refractivity contribution in [1.82, 2.24) is 0 Å². The quantitative estimate of drug-likeness (QED) is 0.526. The minimum Gasteiger partial charge on any atom is -0.454 e. The van der Waals surface area contributed by atoms with Crippen LogP contribution >= 0.6 is 23.2 Å². The number of carbonyl (C=O) groups is 2. The maximum absolute atomic E-state index is 12.5. The van der Waals surface area contributed by atoms with Gasteiger partial charge in [-0.25, -0.2) is 0 Å². The first-order chi connectivity index (χ1) is 13.0. The van der Waals surface area contributed by atoms with E-state index in [1.54, 1.807) is 20.8 Å². The summed E-state index contributed by atoms with van der Waals surface area (Å²) in [6.07, 6.45) is -2.82. The molecule has 0 N–H and O–H groups in total. The summed E-state index contributed by atoms with van der Waals surface area (Å²) in [6.45, 7) is 5.42. The Balaban J connectivity index is 1.90. The van der Waals surface area contributed by atoms with Crippen LogP contribution in [0.5, 0.6) is 0 Å². The Labute approximate surface area is 174 Å². The second kappa shape index (κ2) is 7.58. The fraction of sp³-hybridized carbons (Fsp3) is 0.600. The molecular formula is C20H24Cl2O6. The van der Waals surface area contributed by atoms with E-state index in [1.807, 2.05) is 30.3 Å². The number of rotatable bonds is 5. The van der Waals surface area contributed by atoms with Gasteiger partial charge >= 0.3 is 5.97 Å². The Hall–Kier alpha value is -1.18. The Kier molecular flexibility index (Phi) is 5.82. The van der Waals surface area contributed by atoms with Crippen LogP contribution in [0.25, 0.3) is 0 Å². The number of hydrogen-bond acceptors (Lipinski definition) is 6. The summed E-state index contributed by atoms with van der Waals surface area (Å²) in [5.74, 6) is -0.823. The summed E-state index contributed by atoms with van der Waals surface area (Å²) in [7, 11) is 1.42. The number of carbonyl (C=O) groups excluding carboxylic acids is 2. The van der Waals surface area contributed by atoms with Gasteiger partial charge in [-0.2, -0.15) is 0 Å². The Morgan fingerprint density at radius 3 is 2.39 bits per heavy atom. The molecule has 8 heteroatoms. The molecule has 1 spiro atoms. The molecule has 0 bridgehead atoms. The van der Waals surface area contributed by atoms with Crippen LogP contribution in [0.15, 0.2) is 30.3 Å². The number of alkyl halides is 2. The minimum atomic E-state index is -1.81. The lowest BCUT2D eigenvalue weighted by molar-refractivity contribution is -0.209. The van der Waals surface area contributed by atoms with E-state index in [9.17, 15) is 9.59 Å². The SMILES string of the molecule is CO[C@@H]1O[C@@]2(CC(=O)C2(Cl)Cl)[C@H](OCc2ccccc2)C1OC(=O)C(C)(C)C. The van der Waals surface area contributed by atoms with Gasteiger partial charge in [-0.05, 0) is 26.3 Å². The number of benzene rings is 1. The maximum atomic E-state index is 12.5. The molecule has 6 nitrogen and oxygen atoms in total. The van der Waals surface area contributed by atoms with Crippen LogP contribution < -0.4 is 0 Å². The zero-order valence-electron chi connectivity index (χ0n) is 16.2. The number of esters is 1. The van der Waals surface area contributed by atoms with Crippen LogP contribution in [0.3, 0.4) is 0 Å². The summed E-state index contributed by atoms with van der Waals surface area (Å²) >= 11 is 12.6. The predicted octanol–water partition coefficient (Wildman–Crippen LogP) is 3.42. The molecule has 2 fully saturated rings. The number of halogens is 2. The lowest BCUT2D eigenvalue weighted by Gasteiger charge is -2.49. The van der Waals surface area contributed by atoms with Crippen LogP contribution in [0.1, 0.15) is 32.8 Å². The largest absolute Gasteiger partial charge is 0.454 e. The first-order valence-corrected chi connectivity index (χ1v) is 9.77. The molecule has 1 aromatic rings. The normalized spacial score (nSPS) is 31.6. The van der Waals surface area contributed by atoms with Gasteiger partial charge in [0.05, 0.1) is 12.0 Å². The molecule has 0 aromatic heterocycles. The average molecular weight is 431 g/mol. The molecule has 1 saturated heterocycles. The van der Waals surface area contributed by atoms with Crippen molar-refractivity contribution in [1.29, 1.82) is 0 Å². The van der Waals surface area contributed by atoms with E-state index in [1.165, 1.54) is 7.11 Å². The van der Waals surface area contributed by atoms with Crippen LogP contribution in [0.4, 0.5) is 0 Å². The van der Waals surface area contributed by atoms with E-state index in [4.69, 9.17) is 42.1 Å². The van der Waals surface area contributed by atoms with Gasteiger partial charge in [-0.1, -0.05) is 53.5 Å². The lowest BCUT2D eigenvalue weighted by Crippen LogP contribution is -2.69. The highest BCUT2D eigenvalue weighted by molar-refractivity contribution is 6.61. The molecule has 28 heavy (non-hydrogen) atoms. The summed E-state index contributed by atoms with van der Waals surface area (Å²) in [6, 6.07) is 9.45. The lowest BCUT2D eigenvalue weighted by atomic mass is 9.73. The van der Waals surface area contributed by atoms with Crippen LogP contribution in [-0.2, 0) is 35.1 Å². The van der Waals surface area contributed by atoms with Gasteiger partial charge in [0, 0.05) is 13.5 Å². The molecule has 2 aliphatic rings. The Morgan fingerprint density at radius 1 is 1.25 bits per heavy atom. The molecule has 3 rings (SSSR count). The van der Waals surface area contributed by atoms with Gasteiger partial charge < -0.3 is 18.9 Å². The second-order valence-electron chi connectivity index (χ2n) is 8.12. The van der Waals surface area contributed by atoms with Crippen LogP contribution in [0, 0.1) is 5.41 Å². The van der Waals surface area contributed by atoms with E-state index < -0.39 is 39.8 Å². The van der Waals surface area contributed by atoms with Crippen molar-refractivity contribution in [3.05, 3.63) is 35.9 Å². The first kappa shape index (κ1) is 21.5. The van der Waals surface area contributed by atoms with Gasteiger partial charge in [0.2, 0.25) is 4.33 Å². The van der Waals surface area contributed by atoms with Crippen molar-refractivity contribution in [3.63, 3.8) is 0 Å². The summed E-state index contributed by atoms with van der Waals surface area (Å²) in [4.78, 5) is 24.6. The molecule has 0 amide bonds. The Morgan fingerprint density at radius 2 is 1.89 bits per heavy atom. The Bertz CT molecular complexity index is 745. The number of hydrogen-bond donors (Lipinski definition) is 0. The number of ketones is 1. The van der Waals surface area contributed by atoms with E-state index in [0.717, 1.165) is 5.56 Å². The van der Waals surface area contributed by atoms with Gasteiger partial charge in [-0.15, -0.1) is 0 Å². The van der Waals surface area contributed by atoms with Crippen LogP contribution in [0.2, 0.25) is 0 Å². The average Bonchev–Trinajstić information content (AvgIpc) is 2.95. The van der Waals surface area contributed by atoms with Gasteiger partial charge in [0.15, 0.2) is 18.2 Å². The van der Waals surface area contributed by atoms with E-state index in [-0.39, 0.29) is 18.8 Å². The summed E-state index contributed by atoms with van der Waals surface area (Å²) in [5.41, 5.74) is -1.20. The predicted molar refractivity (Wildman–Crippen MR) is 103 cm³/mol. The highest BCUT2D eigenvalue weighted by Gasteiger charge is 2.76. The standard InChI is InChI=1S/C20H24Cl2O6/c1-18(2,3)17(24)27-14-15(26-11-12-8-6-5-7-9-12)19(28-16(14)25-4)10-13(23)20(19,21)22/h5-9,14-16H,10-11H2,1-4H3/t14?,15-,16-,19+/m1/s1. The molecule has 4 atom stereocenters. The van der Waals surface area contributed by atoms with Crippen molar-refractivity contribution in [2.45, 2.75) is 62.2 Å². The third-order valence-electron chi connectivity index (χ3n) is 5.02. The molecule has 1 heterocycles. The molecule has 1 aliphatic heterocycles. The maximum Gasteiger partial charge on any atom is 0.311 e. The molecular weight excluding hydrogens is 407 g/mol. The zero-order chi connectivity index (χ0) is 20.7. The fourth-order valence-corrected chi connectivity index (χ4v) is 3.90. The highest BCUT2D eigenvalue weighted by Crippen LogP contribution is 2.58. The van der Waals surface area contributed by atoms with Crippen molar-refractivity contribution in [2.75, 3.05) is 7.11 Å². The van der Waals surface area contributed by atoms with E-state index >= 15 is 0 Å². The first-order valence-electron chi connectivity index (χ1n) is 9.01. The molecule has 1 saturated carbocycles. The topological polar surface area (TPSA) is 71.1 Å². The number of ether oxygens (including phenoxy) is 4. The summed E-state index contributed by atoms with van der Waals surface area (Å²) in [5, 5.41) is 0. The number of methoxy groups -OCH3 is 1. The van der Waals surface area contributed by atoms with Crippen molar-refractivity contribution >= 4 is 35.0 Å². The third kappa shape index (κ3) is 3.57. The number of Topliss-reactive ketones (excluding diaryl/α,β-unsaturated/α-hetero) is 1. The summed E-state index contributed by atoms with van der Waals surface area (Å²) < 4.78 is 21.3. The molecule has 1 unspecified atom stereocenters. The van der Waals surface area contributed by atoms with Crippen molar-refractivity contribution in [3.8, 4) is 0 Å². The fourth-order valence-electron chi connectivity index (χ4n) is 3.32. The van der Waals surface area contributed by atoms with Gasteiger partial charge in [0.1, 0.15) is 11.7 Å². The third-order valence-corrected chi connectivity index (χ3v) is 6.08. The molecule has 1 aliphatic carbocycles. The second-order valence-corrected chi connectivity index (χ2v) is 9.45.